The number of nitrogens with zero attached hydrogens (tertiary/aromatic N) is 1. The van der Waals surface area contributed by atoms with Gasteiger partial charge in [-0.1, -0.05) is 20.3 Å². The minimum atomic E-state index is -3.87. The average Bonchev–Trinajstić information content (AvgIpc) is 1.96. The molecule has 0 aromatic rings. The van der Waals surface area contributed by atoms with E-state index in [1.54, 1.807) is 11.9 Å². The van der Waals surface area contributed by atoms with Crippen LogP contribution >= 0.6 is 0 Å². The highest BCUT2D eigenvalue weighted by Gasteiger charge is 2.16. The monoisotopic (exact) mass is 209 g/mol. The van der Waals surface area contributed by atoms with Crippen LogP contribution in [0.4, 0.5) is 0 Å². The Morgan fingerprint density at radius 2 is 1.92 bits per heavy atom. The number of rotatable bonds is 6. The highest BCUT2D eigenvalue weighted by molar-refractivity contribution is 7.85. The van der Waals surface area contributed by atoms with Gasteiger partial charge in [-0.05, 0) is 19.9 Å². The van der Waals surface area contributed by atoms with Gasteiger partial charge in [-0.15, -0.1) is 0 Å². The largest absolute Gasteiger partial charge is 0.288 e. The third-order valence-corrected chi connectivity index (χ3v) is 2.82. The van der Waals surface area contributed by atoms with E-state index in [2.05, 4.69) is 6.92 Å². The third-order valence-electron chi connectivity index (χ3n) is 2.08. The van der Waals surface area contributed by atoms with Crippen LogP contribution in [0.1, 0.15) is 33.1 Å². The van der Waals surface area contributed by atoms with Gasteiger partial charge in [-0.25, -0.2) is 0 Å². The van der Waals surface area contributed by atoms with Crippen LogP contribution in [0, 0.1) is 0 Å². The summed E-state index contributed by atoms with van der Waals surface area (Å²) in [6.07, 6.45) is 2.89. The Bertz CT molecular complexity index is 226. The van der Waals surface area contributed by atoms with Crippen molar-refractivity contribution < 1.29 is 13.0 Å². The third kappa shape index (κ3) is 6.01. The van der Waals surface area contributed by atoms with Crippen molar-refractivity contribution >= 4 is 10.1 Å². The molecule has 0 bridgehead atoms. The van der Waals surface area contributed by atoms with Crippen LogP contribution in [0.2, 0.25) is 0 Å². The molecule has 0 rings (SSSR count). The van der Waals surface area contributed by atoms with Crippen molar-refractivity contribution in [3.8, 4) is 0 Å². The second-order valence-corrected chi connectivity index (χ2v) is 4.74. The lowest BCUT2D eigenvalue weighted by atomic mass is 10.1. The van der Waals surface area contributed by atoms with Gasteiger partial charge in [0.25, 0.3) is 10.1 Å². The molecule has 0 saturated carbocycles. The van der Waals surface area contributed by atoms with Crippen LogP contribution < -0.4 is 0 Å². The normalized spacial score (nSPS) is 14.8. The van der Waals surface area contributed by atoms with Crippen molar-refractivity contribution in [3.63, 3.8) is 0 Å². The second-order valence-electron chi connectivity index (χ2n) is 3.32. The highest BCUT2D eigenvalue weighted by Crippen LogP contribution is 2.09. The quantitative estimate of drug-likeness (QED) is 0.671. The van der Waals surface area contributed by atoms with E-state index in [9.17, 15) is 8.42 Å². The first kappa shape index (κ1) is 12.9. The smallest absolute Gasteiger partial charge is 0.278 e. The molecule has 0 amide bonds. The van der Waals surface area contributed by atoms with Gasteiger partial charge in [0.05, 0.1) is 0 Å². The molecule has 1 atom stereocenters. The Labute approximate surface area is 80.7 Å². The average molecular weight is 209 g/mol. The fourth-order valence-electron chi connectivity index (χ4n) is 1.43. The van der Waals surface area contributed by atoms with Crippen LogP contribution in [0.5, 0.6) is 0 Å². The zero-order valence-corrected chi connectivity index (χ0v) is 9.34. The van der Waals surface area contributed by atoms with E-state index in [-0.39, 0.29) is 11.9 Å². The van der Waals surface area contributed by atoms with Crippen LogP contribution in [-0.4, -0.2) is 36.8 Å². The maximum Gasteiger partial charge on any atom is 0.278 e. The summed E-state index contributed by atoms with van der Waals surface area (Å²) in [7, 11) is -2.15. The molecule has 0 aliphatic carbocycles. The first-order valence-corrected chi connectivity index (χ1v) is 6.17. The summed E-state index contributed by atoms with van der Waals surface area (Å²) in [5, 5.41) is 0. The molecule has 13 heavy (non-hydrogen) atoms. The first-order chi connectivity index (χ1) is 5.90. The summed E-state index contributed by atoms with van der Waals surface area (Å²) in [6, 6.07) is 0.243. The summed E-state index contributed by atoms with van der Waals surface area (Å²) < 4.78 is 29.8. The second kappa shape index (κ2) is 5.57. The van der Waals surface area contributed by atoms with Crippen molar-refractivity contribution in [2.24, 2.45) is 0 Å². The number of hydrogen-bond acceptors (Lipinski definition) is 3. The molecule has 0 aromatic carbocycles. The summed E-state index contributed by atoms with van der Waals surface area (Å²) in [6.45, 7) is 4.07. The van der Waals surface area contributed by atoms with E-state index in [4.69, 9.17) is 4.55 Å². The van der Waals surface area contributed by atoms with Gasteiger partial charge in [-0.3, -0.25) is 9.45 Å². The molecule has 0 spiro atoms. The van der Waals surface area contributed by atoms with Gasteiger partial charge in [0, 0.05) is 6.04 Å². The molecule has 1 N–H and O–H groups in total. The van der Waals surface area contributed by atoms with Gasteiger partial charge in [0.15, 0.2) is 0 Å². The topological polar surface area (TPSA) is 57.6 Å². The minimum Gasteiger partial charge on any atom is -0.288 e. The summed E-state index contributed by atoms with van der Waals surface area (Å²) in [5.74, 6) is -0.272. The molecule has 4 nitrogen and oxygen atoms in total. The fourth-order valence-corrected chi connectivity index (χ4v) is 2.16. The Balaban J connectivity index is 4.13. The minimum absolute atomic E-state index is 0.243. The Morgan fingerprint density at radius 3 is 2.23 bits per heavy atom. The van der Waals surface area contributed by atoms with Gasteiger partial charge in [0.1, 0.15) is 5.88 Å². The molecule has 0 aliphatic rings. The van der Waals surface area contributed by atoms with Crippen molar-refractivity contribution in [2.75, 3.05) is 12.9 Å². The molecule has 0 aliphatic heterocycles. The van der Waals surface area contributed by atoms with Crippen molar-refractivity contribution in [1.29, 1.82) is 0 Å². The zero-order valence-electron chi connectivity index (χ0n) is 8.52. The lowest BCUT2D eigenvalue weighted by molar-refractivity contribution is 0.248. The maximum absolute atomic E-state index is 10.6. The molecule has 0 aromatic heterocycles. The van der Waals surface area contributed by atoms with Gasteiger partial charge in [0.2, 0.25) is 0 Å². The van der Waals surface area contributed by atoms with E-state index in [1.165, 1.54) is 0 Å². The van der Waals surface area contributed by atoms with Gasteiger partial charge in [-0.2, -0.15) is 8.42 Å². The Kier molecular flexibility index (Phi) is 5.51. The van der Waals surface area contributed by atoms with Gasteiger partial charge < -0.3 is 0 Å². The van der Waals surface area contributed by atoms with Crippen molar-refractivity contribution in [1.82, 2.24) is 4.90 Å². The molecule has 0 heterocycles. The molecule has 1 unspecified atom stereocenters. The molecule has 0 saturated heterocycles. The zero-order chi connectivity index (χ0) is 10.5. The molecular weight excluding hydrogens is 190 g/mol. The van der Waals surface area contributed by atoms with Crippen molar-refractivity contribution in [3.05, 3.63) is 0 Å². The molecule has 5 heteroatoms. The SMILES string of the molecule is CCCC(CC)N(C)CS(=O)(=O)O. The predicted molar refractivity (Wildman–Crippen MR) is 53.2 cm³/mol. The van der Waals surface area contributed by atoms with E-state index in [1.807, 2.05) is 6.92 Å². The lowest BCUT2D eigenvalue weighted by Crippen LogP contribution is -2.35. The lowest BCUT2D eigenvalue weighted by Gasteiger charge is -2.25. The van der Waals surface area contributed by atoms with Crippen LogP contribution in [0.3, 0.4) is 0 Å². The summed E-state index contributed by atoms with van der Waals surface area (Å²) in [5.41, 5.74) is 0. The molecular formula is C8H19NO3S. The van der Waals surface area contributed by atoms with E-state index < -0.39 is 10.1 Å². The van der Waals surface area contributed by atoms with Crippen LogP contribution in [0.25, 0.3) is 0 Å². The summed E-state index contributed by atoms with van der Waals surface area (Å²) >= 11 is 0. The van der Waals surface area contributed by atoms with Crippen LogP contribution in [-0.2, 0) is 10.1 Å². The highest BCUT2D eigenvalue weighted by atomic mass is 32.2. The van der Waals surface area contributed by atoms with E-state index in [0.717, 1.165) is 19.3 Å². The Morgan fingerprint density at radius 1 is 1.38 bits per heavy atom. The Hall–Kier alpha value is -0.130. The fraction of sp³-hybridized carbons (Fsp3) is 1.00. The molecule has 80 valence electrons. The first-order valence-electron chi connectivity index (χ1n) is 4.56. The standard InChI is InChI=1S/C8H19NO3S/c1-4-6-8(5-2)9(3)7-13(10,11)12/h8H,4-7H2,1-3H3,(H,10,11,12). The van der Waals surface area contributed by atoms with Gasteiger partial charge >= 0.3 is 0 Å². The van der Waals surface area contributed by atoms with E-state index in [0.29, 0.717) is 0 Å². The van der Waals surface area contributed by atoms with Crippen molar-refractivity contribution in [2.45, 2.75) is 39.2 Å². The predicted octanol–water partition coefficient (Wildman–Crippen LogP) is 1.34. The summed E-state index contributed by atoms with van der Waals surface area (Å²) in [4.78, 5) is 1.68. The molecule has 0 fully saturated rings. The molecule has 0 radical (unpaired) electrons. The van der Waals surface area contributed by atoms with Crippen LogP contribution in [0.15, 0.2) is 0 Å². The van der Waals surface area contributed by atoms with E-state index >= 15 is 0 Å². The number of hydrogen-bond donors (Lipinski definition) is 1. The maximum atomic E-state index is 10.6.